The van der Waals surface area contributed by atoms with Crippen molar-refractivity contribution < 1.29 is 4.74 Å². The summed E-state index contributed by atoms with van der Waals surface area (Å²) in [5.74, 6) is 0.916. The highest BCUT2D eigenvalue weighted by Crippen LogP contribution is 2.48. The van der Waals surface area contributed by atoms with Gasteiger partial charge in [0.2, 0.25) is 0 Å². The number of nitriles is 1. The minimum Gasteiger partial charge on any atom is -0.493 e. The van der Waals surface area contributed by atoms with E-state index in [0.29, 0.717) is 13.0 Å². The van der Waals surface area contributed by atoms with Crippen molar-refractivity contribution in [3.05, 3.63) is 29.8 Å². The predicted molar refractivity (Wildman–Crippen MR) is 58.6 cm³/mol. The minimum absolute atomic E-state index is 0.165. The Morgan fingerprint density at radius 2 is 2.27 bits per heavy atom. The lowest BCUT2D eigenvalue weighted by atomic mass is 10.1. The molecule has 15 heavy (non-hydrogen) atoms. The van der Waals surface area contributed by atoms with Crippen LogP contribution in [-0.4, -0.2) is 6.61 Å². The molecule has 2 rings (SSSR count). The van der Waals surface area contributed by atoms with Gasteiger partial charge in [-0.05, 0) is 37.5 Å². The first-order valence-corrected chi connectivity index (χ1v) is 5.31. The molecule has 0 amide bonds. The highest BCUT2D eigenvalue weighted by atomic mass is 16.5. The molecule has 0 saturated heterocycles. The Morgan fingerprint density at radius 1 is 1.47 bits per heavy atom. The number of benzene rings is 1. The molecule has 1 fully saturated rings. The summed E-state index contributed by atoms with van der Waals surface area (Å²) in [6.45, 7) is 2.74. The molecule has 0 aliphatic heterocycles. The molecule has 2 heteroatoms. The molecule has 0 heterocycles. The zero-order chi connectivity index (χ0) is 10.7. The maximum absolute atomic E-state index is 8.68. The second-order valence-electron chi connectivity index (χ2n) is 4.44. The predicted octanol–water partition coefficient (Wildman–Crippen LogP) is 3.07. The first-order chi connectivity index (χ1) is 7.24. The summed E-state index contributed by atoms with van der Waals surface area (Å²) in [5, 5.41) is 8.68. The van der Waals surface area contributed by atoms with Gasteiger partial charge in [0.05, 0.1) is 12.7 Å². The summed E-state index contributed by atoms with van der Waals surface area (Å²) in [4.78, 5) is 0. The molecule has 1 aromatic carbocycles. The van der Waals surface area contributed by atoms with E-state index in [9.17, 15) is 0 Å². The van der Waals surface area contributed by atoms with Gasteiger partial charge in [0.1, 0.15) is 5.75 Å². The van der Waals surface area contributed by atoms with E-state index in [1.807, 2.05) is 18.2 Å². The highest BCUT2D eigenvalue weighted by Gasteiger charge is 2.43. The number of hydrogen-bond donors (Lipinski definition) is 0. The van der Waals surface area contributed by atoms with Crippen molar-refractivity contribution in [2.75, 3.05) is 6.61 Å². The van der Waals surface area contributed by atoms with Crippen LogP contribution >= 0.6 is 0 Å². The Balaban J connectivity index is 1.91. The molecule has 0 atom stereocenters. The maximum atomic E-state index is 8.68. The Kier molecular flexibility index (Phi) is 2.64. The van der Waals surface area contributed by atoms with Gasteiger partial charge in [0.15, 0.2) is 0 Å². The molecule has 0 aromatic heterocycles. The molecule has 78 valence electrons. The number of nitrogens with zero attached hydrogens (tertiary/aromatic N) is 1. The van der Waals surface area contributed by atoms with Gasteiger partial charge in [-0.25, -0.2) is 0 Å². The summed E-state index contributed by atoms with van der Waals surface area (Å²) in [5.41, 5.74) is 1.37. The molecular weight excluding hydrogens is 186 g/mol. The SMILES string of the molecule is Cc1cccc(OCC2(CC#N)CC2)c1. The van der Waals surface area contributed by atoms with E-state index in [2.05, 4.69) is 19.1 Å². The molecule has 0 unspecified atom stereocenters. The number of rotatable bonds is 4. The lowest BCUT2D eigenvalue weighted by molar-refractivity contribution is 0.236. The van der Waals surface area contributed by atoms with Crippen LogP contribution in [0.1, 0.15) is 24.8 Å². The first kappa shape index (κ1) is 10.0. The van der Waals surface area contributed by atoms with Crippen LogP contribution in [0.4, 0.5) is 0 Å². The van der Waals surface area contributed by atoms with Crippen LogP contribution in [0.15, 0.2) is 24.3 Å². The fourth-order valence-electron chi connectivity index (χ4n) is 1.66. The van der Waals surface area contributed by atoms with Gasteiger partial charge in [-0.1, -0.05) is 12.1 Å². The monoisotopic (exact) mass is 201 g/mol. The van der Waals surface area contributed by atoms with E-state index in [-0.39, 0.29) is 5.41 Å². The average Bonchev–Trinajstić information content (AvgIpc) is 2.97. The molecule has 1 aliphatic carbocycles. The first-order valence-electron chi connectivity index (χ1n) is 5.31. The summed E-state index contributed by atoms with van der Waals surface area (Å²) in [6, 6.07) is 10.3. The molecule has 1 aliphatic rings. The lowest BCUT2D eigenvalue weighted by Crippen LogP contribution is -2.12. The van der Waals surface area contributed by atoms with E-state index in [1.54, 1.807) is 0 Å². The molecule has 2 nitrogen and oxygen atoms in total. The second-order valence-corrected chi connectivity index (χ2v) is 4.44. The Labute approximate surface area is 90.5 Å². The molecule has 0 bridgehead atoms. The van der Waals surface area contributed by atoms with Crippen molar-refractivity contribution in [1.82, 2.24) is 0 Å². The van der Waals surface area contributed by atoms with Crippen molar-refractivity contribution in [1.29, 1.82) is 5.26 Å². The third-order valence-corrected chi connectivity index (χ3v) is 2.95. The maximum Gasteiger partial charge on any atom is 0.119 e. The Bertz CT molecular complexity index is 388. The number of ether oxygens (including phenoxy) is 1. The van der Waals surface area contributed by atoms with Crippen LogP contribution in [0.5, 0.6) is 5.75 Å². The number of hydrogen-bond acceptors (Lipinski definition) is 2. The molecule has 0 N–H and O–H groups in total. The molecule has 1 saturated carbocycles. The van der Waals surface area contributed by atoms with E-state index in [0.717, 1.165) is 18.6 Å². The fraction of sp³-hybridized carbons (Fsp3) is 0.462. The summed E-state index contributed by atoms with van der Waals surface area (Å²) >= 11 is 0. The standard InChI is InChI=1S/C13H15NO/c1-11-3-2-4-12(9-11)15-10-13(5-6-13)7-8-14/h2-4,9H,5-7,10H2,1H3. The molecule has 1 aromatic rings. The van der Waals surface area contributed by atoms with Crippen LogP contribution in [0, 0.1) is 23.7 Å². The summed E-state index contributed by atoms with van der Waals surface area (Å²) in [7, 11) is 0. The molecular formula is C13H15NO. The van der Waals surface area contributed by atoms with Crippen molar-refractivity contribution in [3.63, 3.8) is 0 Å². The van der Waals surface area contributed by atoms with E-state index in [1.165, 1.54) is 5.56 Å². The van der Waals surface area contributed by atoms with Crippen molar-refractivity contribution in [3.8, 4) is 11.8 Å². The smallest absolute Gasteiger partial charge is 0.119 e. The van der Waals surface area contributed by atoms with E-state index >= 15 is 0 Å². The number of aryl methyl sites for hydroxylation is 1. The molecule has 0 spiro atoms. The van der Waals surface area contributed by atoms with Crippen LogP contribution in [0.3, 0.4) is 0 Å². The fourth-order valence-corrected chi connectivity index (χ4v) is 1.66. The van der Waals surface area contributed by atoms with Crippen LogP contribution < -0.4 is 4.74 Å². The molecule has 0 radical (unpaired) electrons. The van der Waals surface area contributed by atoms with Crippen LogP contribution in [0.2, 0.25) is 0 Å². The largest absolute Gasteiger partial charge is 0.493 e. The van der Waals surface area contributed by atoms with Gasteiger partial charge in [-0.3, -0.25) is 0 Å². The van der Waals surface area contributed by atoms with Gasteiger partial charge in [0.25, 0.3) is 0 Å². The second kappa shape index (κ2) is 3.94. The Morgan fingerprint density at radius 3 is 2.87 bits per heavy atom. The van der Waals surface area contributed by atoms with Crippen LogP contribution in [0.25, 0.3) is 0 Å². The normalized spacial score (nSPS) is 16.8. The topological polar surface area (TPSA) is 33.0 Å². The van der Waals surface area contributed by atoms with Crippen molar-refractivity contribution >= 4 is 0 Å². The zero-order valence-electron chi connectivity index (χ0n) is 8.99. The lowest BCUT2D eigenvalue weighted by Gasteiger charge is -2.12. The third-order valence-electron chi connectivity index (χ3n) is 2.95. The highest BCUT2D eigenvalue weighted by molar-refractivity contribution is 5.27. The van der Waals surface area contributed by atoms with E-state index < -0.39 is 0 Å². The van der Waals surface area contributed by atoms with E-state index in [4.69, 9.17) is 10.00 Å². The van der Waals surface area contributed by atoms with Gasteiger partial charge >= 0.3 is 0 Å². The van der Waals surface area contributed by atoms with Gasteiger partial charge in [-0.2, -0.15) is 5.26 Å². The van der Waals surface area contributed by atoms with Crippen molar-refractivity contribution in [2.24, 2.45) is 5.41 Å². The van der Waals surface area contributed by atoms with Crippen LogP contribution in [-0.2, 0) is 0 Å². The third kappa shape index (κ3) is 2.50. The average molecular weight is 201 g/mol. The zero-order valence-corrected chi connectivity index (χ0v) is 8.99. The van der Waals surface area contributed by atoms with Crippen molar-refractivity contribution in [2.45, 2.75) is 26.2 Å². The minimum atomic E-state index is 0.165. The summed E-state index contributed by atoms with van der Waals surface area (Å²) < 4.78 is 5.72. The Hall–Kier alpha value is -1.49. The van der Waals surface area contributed by atoms with Gasteiger partial charge < -0.3 is 4.74 Å². The quantitative estimate of drug-likeness (QED) is 0.750. The van der Waals surface area contributed by atoms with Gasteiger partial charge in [-0.15, -0.1) is 0 Å². The summed E-state index contributed by atoms with van der Waals surface area (Å²) in [6.07, 6.45) is 2.89. The van der Waals surface area contributed by atoms with Gasteiger partial charge in [0, 0.05) is 11.8 Å².